The van der Waals surface area contributed by atoms with E-state index in [-0.39, 0.29) is 17.4 Å². The zero-order chi connectivity index (χ0) is 16.9. The number of amides is 1. The van der Waals surface area contributed by atoms with Crippen molar-refractivity contribution in [3.8, 4) is 11.1 Å². The van der Waals surface area contributed by atoms with Crippen molar-refractivity contribution >= 4 is 23.2 Å². The summed E-state index contributed by atoms with van der Waals surface area (Å²) in [6.07, 6.45) is 0.225. The maximum Gasteiger partial charge on any atom is 0.228 e. The Hall–Kier alpha value is -2.65. The minimum absolute atomic E-state index is 0.183. The monoisotopic (exact) mass is 339 g/mol. The Morgan fingerprint density at radius 1 is 0.917 bits per heavy atom. The van der Waals surface area contributed by atoms with Crippen LogP contribution in [0.3, 0.4) is 0 Å². The van der Waals surface area contributed by atoms with Crippen LogP contribution in [0.25, 0.3) is 11.1 Å². The van der Waals surface area contributed by atoms with Crippen molar-refractivity contribution in [1.82, 2.24) is 0 Å². The Balaban J connectivity index is 1.66. The molecule has 0 heterocycles. The Kier molecular flexibility index (Phi) is 4.92. The Bertz CT molecular complexity index is 847. The average Bonchev–Trinajstić information content (AvgIpc) is 2.59. The first kappa shape index (κ1) is 16.2. The molecule has 0 bridgehead atoms. The first-order valence-electron chi connectivity index (χ1n) is 7.51. The molecule has 0 saturated heterocycles. The minimum Gasteiger partial charge on any atom is -0.324 e. The highest BCUT2D eigenvalue weighted by molar-refractivity contribution is 6.33. The summed E-state index contributed by atoms with van der Waals surface area (Å²) in [4.78, 5) is 12.1. The van der Waals surface area contributed by atoms with Crippen molar-refractivity contribution in [3.63, 3.8) is 0 Å². The topological polar surface area (TPSA) is 29.1 Å². The van der Waals surface area contributed by atoms with Crippen molar-refractivity contribution < 1.29 is 9.18 Å². The highest BCUT2D eigenvalue weighted by Crippen LogP contribution is 2.23. The summed E-state index contributed by atoms with van der Waals surface area (Å²) in [6, 6.07) is 21.7. The maximum absolute atomic E-state index is 13.0. The first-order chi connectivity index (χ1) is 11.6. The van der Waals surface area contributed by atoms with E-state index in [4.69, 9.17) is 11.6 Å². The molecule has 0 fully saturated rings. The minimum atomic E-state index is -0.436. The van der Waals surface area contributed by atoms with Crippen LogP contribution in [0, 0.1) is 5.82 Å². The molecule has 0 aromatic heterocycles. The average molecular weight is 340 g/mol. The second-order valence-electron chi connectivity index (χ2n) is 5.41. The Morgan fingerprint density at radius 3 is 2.25 bits per heavy atom. The largest absolute Gasteiger partial charge is 0.324 e. The van der Waals surface area contributed by atoms with E-state index >= 15 is 0 Å². The lowest BCUT2D eigenvalue weighted by Gasteiger charge is -2.08. The summed E-state index contributed by atoms with van der Waals surface area (Å²) in [7, 11) is 0. The van der Waals surface area contributed by atoms with Gasteiger partial charge in [0.05, 0.1) is 17.1 Å². The molecule has 1 amide bonds. The zero-order valence-electron chi connectivity index (χ0n) is 12.8. The lowest BCUT2D eigenvalue weighted by Crippen LogP contribution is -2.14. The van der Waals surface area contributed by atoms with Crippen LogP contribution in [0.2, 0.25) is 5.02 Å². The smallest absolute Gasteiger partial charge is 0.228 e. The van der Waals surface area contributed by atoms with Gasteiger partial charge >= 0.3 is 0 Å². The molecule has 0 atom stereocenters. The van der Waals surface area contributed by atoms with Gasteiger partial charge in [0.25, 0.3) is 0 Å². The van der Waals surface area contributed by atoms with Crippen molar-refractivity contribution in [2.75, 3.05) is 5.32 Å². The van der Waals surface area contributed by atoms with Gasteiger partial charge in [-0.1, -0.05) is 66.2 Å². The van der Waals surface area contributed by atoms with Gasteiger partial charge in [-0.2, -0.15) is 0 Å². The van der Waals surface area contributed by atoms with E-state index in [1.165, 1.54) is 18.2 Å². The van der Waals surface area contributed by atoms with Gasteiger partial charge in [-0.05, 0) is 34.9 Å². The van der Waals surface area contributed by atoms with Gasteiger partial charge in [0.15, 0.2) is 0 Å². The SMILES string of the molecule is O=C(Cc1ccc(-c2ccccc2)cc1)Nc1ccc(F)cc1Cl. The Labute approximate surface area is 144 Å². The number of hydrogen-bond acceptors (Lipinski definition) is 1. The molecule has 4 heteroatoms. The standard InChI is InChI=1S/C20H15ClFNO/c21-18-13-17(22)10-11-19(18)23-20(24)12-14-6-8-16(9-7-14)15-4-2-1-3-5-15/h1-11,13H,12H2,(H,23,24). The van der Waals surface area contributed by atoms with Crippen molar-refractivity contribution in [3.05, 3.63) is 89.2 Å². The van der Waals surface area contributed by atoms with Gasteiger partial charge < -0.3 is 5.32 Å². The molecule has 1 N–H and O–H groups in total. The summed E-state index contributed by atoms with van der Waals surface area (Å²) in [5.41, 5.74) is 3.53. The first-order valence-corrected chi connectivity index (χ1v) is 7.89. The van der Waals surface area contributed by atoms with Gasteiger partial charge in [0.1, 0.15) is 5.82 Å². The van der Waals surface area contributed by atoms with Gasteiger partial charge in [0, 0.05) is 0 Å². The van der Waals surface area contributed by atoms with Gasteiger partial charge in [-0.15, -0.1) is 0 Å². The molecule has 24 heavy (non-hydrogen) atoms. The number of halogens is 2. The molecule has 0 aliphatic rings. The molecule has 2 nitrogen and oxygen atoms in total. The summed E-state index contributed by atoms with van der Waals surface area (Å²) in [6.45, 7) is 0. The third-order valence-electron chi connectivity index (χ3n) is 3.63. The van der Waals surface area contributed by atoms with Crippen LogP contribution >= 0.6 is 11.6 Å². The molecule has 3 aromatic rings. The van der Waals surface area contributed by atoms with Crippen LogP contribution in [0.4, 0.5) is 10.1 Å². The predicted molar refractivity (Wildman–Crippen MR) is 95.6 cm³/mol. The maximum atomic E-state index is 13.0. The highest BCUT2D eigenvalue weighted by Gasteiger charge is 2.08. The number of carbonyl (C=O) groups excluding carboxylic acids is 1. The zero-order valence-corrected chi connectivity index (χ0v) is 13.6. The second kappa shape index (κ2) is 7.28. The van der Waals surface area contributed by atoms with Crippen molar-refractivity contribution in [1.29, 1.82) is 0 Å². The van der Waals surface area contributed by atoms with Gasteiger partial charge in [-0.25, -0.2) is 4.39 Å². The van der Waals surface area contributed by atoms with E-state index in [0.29, 0.717) is 5.69 Å². The normalized spacial score (nSPS) is 10.4. The summed E-state index contributed by atoms with van der Waals surface area (Å²) >= 11 is 5.91. The van der Waals surface area contributed by atoms with Gasteiger partial charge in [0.2, 0.25) is 5.91 Å². The van der Waals surface area contributed by atoms with E-state index in [0.717, 1.165) is 16.7 Å². The molecule has 0 unspecified atom stereocenters. The van der Waals surface area contributed by atoms with E-state index in [2.05, 4.69) is 5.32 Å². The highest BCUT2D eigenvalue weighted by atomic mass is 35.5. The number of benzene rings is 3. The second-order valence-corrected chi connectivity index (χ2v) is 5.82. The number of rotatable bonds is 4. The van der Waals surface area contributed by atoms with E-state index < -0.39 is 5.82 Å². The molecule has 0 radical (unpaired) electrons. The van der Waals surface area contributed by atoms with E-state index in [1.807, 2.05) is 54.6 Å². The third kappa shape index (κ3) is 4.00. The van der Waals surface area contributed by atoms with Crippen LogP contribution in [-0.4, -0.2) is 5.91 Å². The van der Waals surface area contributed by atoms with Gasteiger partial charge in [-0.3, -0.25) is 4.79 Å². The summed E-state index contributed by atoms with van der Waals surface area (Å²) < 4.78 is 13.0. The van der Waals surface area contributed by atoms with Crippen LogP contribution < -0.4 is 5.32 Å². The summed E-state index contributed by atoms with van der Waals surface area (Å²) in [5, 5.41) is 2.88. The number of hydrogen-bond donors (Lipinski definition) is 1. The molecule has 3 aromatic carbocycles. The lowest BCUT2D eigenvalue weighted by atomic mass is 10.0. The molecule has 0 saturated carbocycles. The van der Waals surface area contributed by atoms with Crippen LogP contribution in [0.5, 0.6) is 0 Å². The van der Waals surface area contributed by atoms with Crippen molar-refractivity contribution in [2.45, 2.75) is 6.42 Å². The lowest BCUT2D eigenvalue weighted by molar-refractivity contribution is -0.115. The van der Waals surface area contributed by atoms with E-state index in [1.54, 1.807) is 0 Å². The fourth-order valence-electron chi connectivity index (χ4n) is 2.42. The fourth-order valence-corrected chi connectivity index (χ4v) is 2.63. The molecule has 120 valence electrons. The Morgan fingerprint density at radius 2 is 1.58 bits per heavy atom. The number of nitrogens with one attached hydrogen (secondary N) is 1. The van der Waals surface area contributed by atoms with E-state index in [9.17, 15) is 9.18 Å². The van der Waals surface area contributed by atoms with Crippen LogP contribution in [0.1, 0.15) is 5.56 Å². The number of anilines is 1. The molecule has 3 rings (SSSR count). The van der Waals surface area contributed by atoms with Crippen molar-refractivity contribution in [2.24, 2.45) is 0 Å². The fraction of sp³-hybridized carbons (Fsp3) is 0.0500. The molecule has 0 aliphatic carbocycles. The number of carbonyl (C=O) groups is 1. The van der Waals surface area contributed by atoms with Crippen LogP contribution in [0.15, 0.2) is 72.8 Å². The molecular weight excluding hydrogens is 325 g/mol. The molecule has 0 aliphatic heterocycles. The molecular formula is C20H15ClFNO. The summed E-state index contributed by atoms with van der Waals surface area (Å²) in [5.74, 6) is -0.634. The quantitative estimate of drug-likeness (QED) is 0.684. The van der Waals surface area contributed by atoms with Crippen LogP contribution in [-0.2, 0) is 11.2 Å². The third-order valence-corrected chi connectivity index (χ3v) is 3.94. The predicted octanol–water partition coefficient (Wildman–Crippen LogP) is 5.33. The molecule has 0 spiro atoms.